The van der Waals surface area contributed by atoms with E-state index >= 15 is 0 Å². The first kappa shape index (κ1) is 19.9. The second-order valence-corrected chi connectivity index (χ2v) is 6.89. The number of alkyl halides is 3. The number of ether oxygens (including phenoxy) is 2. The van der Waals surface area contributed by atoms with Crippen molar-refractivity contribution in [3.8, 4) is 11.5 Å². The van der Waals surface area contributed by atoms with Gasteiger partial charge in [0.05, 0.1) is 11.1 Å². The first-order valence-electron chi connectivity index (χ1n) is 9.39. The maximum Gasteiger partial charge on any atom is 0.573 e. The lowest BCUT2D eigenvalue weighted by molar-refractivity contribution is -0.274. The van der Waals surface area contributed by atoms with E-state index in [1.54, 1.807) is 29.4 Å². The molecule has 0 unspecified atom stereocenters. The second kappa shape index (κ2) is 8.17. The minimum atomic E-state index is -4.75. The Morgan fingerprint density at radius 3 is 2.60 bits per heavy atom. The monoisotopic (exact) mass is 417 g/mol. The molecular weight excluding hydrogens is 399 g/mol. The number of fused-ring (bicyclic) bond motifs is 1. The fraction of sp³-hybridized carbons (Fsp3) is 0.286. The highest BCUT2D eigenvalue weighted by Crippen LogP contribution is 2.28. The molecule has 0 atom stereocenters. The molecule has 0 saturated carbocycles. The van der Waals surface area contributed by atoms with Crippen LogP contribution in [0.2, 0.25) is 0 Å². The molecule has 0 N–H and O–H groups in total. The quantitative estimate of drug-likeness (QED) is 0.636. The number of pyridine rings is 2. The highest BCUT2D eigenvalue weighted by Gasteiger charge is 2.31. The molecule has 0 spiro atoms. The van der Waals surface area contributed by atoms with Crippen LogP contribution in [0.5, 0.6) is 11.5 Å². The minimum Gasteiger partial charge on any atom is -0.490 e. The molecular formula is C21H18F3N3O3. The normalized spacial score (nSPS) is 15.2. The van der Waals surface area contributed by atoms with E-state index in [-0.39, 0.29) is 17.8 Å². The first-order valence-corrected chi connectivity index (χ1v) is 9.39. The predicted octanol–water partition coefficient (Wildman–Crippen LogP) is 4.21. The van der Waals surface area contributed by atoms with Crippen molar-refractivity contribution in [2.45, 2.75) is 25.3 Å². The van der Waals surface area contributed by atoms with Crippen LogP contribution >= 0.6 is 0 Å². The van der Waals surface area contributed by atoms with E-state index in [4.69, 9.17) is 4.74 Å². The average Bonchev–Trinajstić information content (AvgIpc) is 2.72. The predicted molar refractivity (Wildman–Crippen MR) is 102 cm³/mol. The number of benzene rings is 1. The van der Waals surface area contributed by atoms with Gasteiger partial charge in [0.15, 0.2) is 0 Å². The van der Waals surface area contributed by atoms with Crippen molar-refractivity contribution in [2.24, 2.45) is 0 Å². The van der Waals surface area contributed by atoms with Crippen LogP contribution in [0.25, 0.3) is 10.9 Å². The summed E-state index contributed by atoms with van der Waals surface area (Å²) in [5, 5.41) is 0.794. The summed E-state index contributed by atoms with van der Waals surface area (Å²) in [6.07, 6.45) is 0.968. The van der Waals surface area contributed by atoms with Gasteiger partial charge in [-0.3, -0.25) is 14.8 Å². The number of carbonyl (C=O) groups is 1. The van der Waals surface area contributed by atoms with E-state index in [1.807, 2.05) is 6.07 Å². The Hall–Kier alpha value is -3.36. The molecule has 1 saturated heterocycles. The Balaban J connectivity index is 1.38. The zero-order chi connectivity index (χ0) is 21.1. The molecule has 2 aromatic heterocycles. The van der Waals surface area contributed by atoms with Gasteiger partial charge in [0.25, 0.3) is 5.91 Å². The molecule has 4 rings (SSSR count). The molecule has 30 heavy (non-hydrogen) atoms. The highest BCUT2D eigenvalue weighted by molar-refractivity contribution is 6.04. The Kier molecular flexibility index (Phi) is 5.43. The summed E-state index contributed by atoms with van der Waals surface area (Å²) in [6.45, 7) is 0.928. The maximum atomic E-state index is 12.9. The van der Waals surface area contributed by atoms with Crippen molar-refractivity contribution in [3.05, 3.63) is 60.6 Å². The third kappa shape index (κ3) is 4.61. The third-order valence-corrected chi connectivity index (χ3v) is 4.81. The average molecular weight is 417 g/mol. The van der Waals surface area contributed by atoms with Gasteiger partial charge in [-0.15, -0.1) is 13.2 Å². The van der Waals surface area contributed by atoms with Crippen LogP contribution in [0.3, 0.4) is 0 Å². The summed E-state index contributed by atoms with van der Waals surface area (Å²) in [5.41, 5.74) is 1.06. The zero-order valence-corrected chi connectivity index (χ0v) is 15.8. The van der Waals surface area contributed by atoms with Gasteiger partial charge in [0, 0.05) is 56.0 Å². The van der Waals surface area contributed by atoms with Crippen LogP contribution in [-0.2, 0) is 0 Å². The molecule has 3 aromatic rings. The second-order valence-electron chi connectivity index (χ2n) is 6.89. The number of rotatable bonds is 4. The Morgan fingerprint density at radius 2 is 1.83 bits per heavy atom. The summed E-state index contributed by atoms with van der Waals surface area (Å²) in [5.74, 6) is -0.182. The fourth-order valence-corrected chi connectivity index (χ4v) is 3.44. The number of piperidine rings is 1. The van der Waals surface area contributed by atoms with Crippen LogP contribution in [0.1, 0.15) is 23.2 Å². The van der Waals surface area contributed by atoms with Gasteiger partial charge >= 0.3 is 6.36 Å². The molecule has 1 aromatic carbocycles. The van der Waals surface area contributed by atoms with Crippen molar-refractivity contribution in [1.29, 1.82) is 0 Å². The minimum absolute atomic E-state index is 0.147. The summed E-state index contributed by atoms with van der Waals surface area (Å²) >= 11 is 0. The number of hydrogen-bond acceptors (Lipinski definition) is 5. The Morgan fingerprint density at radius 1 is 1.07 bits per heavy atom. The number of carbonyl (C=O) groups excluding carboxylic acids is 1. The van der Waals surface area contributed by atoms with Gasteiger partial charge < -0.3 is 14.4 Å². The molecule has 1 fully saturated rings. The topological polar surface area (TPSA) is 64.6 Å². The summed E-state index contributed by atoms with van der Waals surface area (Å²) in [6, 6.07) is 9.08. The number of amides is 1. The van der Waals surface area contributed by atoms with E-state index in [2.05, 4.69) is 14.7 Å². The summed E-state index contributed by atoms with van der Waals surface area (Å²) in [7, 11) is 0. The molecule has 0 radical (unpaired) electrons. The van der Waals surface area contributed by atoms with Crippen LogP contribution < -0.4 is 9.47 Å². The molecule has 1 amide bonds. The van der Waals surface area contributed by atoms with E-state index < -0.39 is 6.36 Å². The van der Waals surface area contributed by atoms with Crippen LogP contribution in [0.4, 0.5) is 13.2 Å². The van der Waals surface area contributed by atoms with Crippen molar-refractivity contribution < 1.29 is 27.4 Å². The standard InChI is InChI=1S/C21H18F3N3O3/c22-21(23,24)30-17-5-1-4-16(11-17)29-15-6-9-27(10-7-15)20(28)18-13-25-12-14-3-2-8-26-19(14)18/h1-5,8,11-13,15H,6-7,9-10H2. The highest BCUT2D eigenvalue weighted by atomic mass is 19.4. The summed E-state index contributed by atoms with van der Waals surface area (Å²) in [4.78, 5) is 23.1. The number of nitrogens with zero attached hydrogens (tertiary/aromatic N) is 3. The molecule has 1 aliphatic heterocycles. The van der Waals surface area contributed by atoms with E-state index in [0.29, 0.717) is 42.8 Å². The van der Waals surface area contributed by atoms with Gasteiger partial charge in [-0.1, -0.05) is 6.07 Å². The zero-order valence-electron chi connectivity index (χ0n) is 15.8. The van der Waals surface area contributed by atoms with E-state index in [9.17, 15) is 18.0 Å². The van der Waals surface area contributed by atoms with Gasteiger partial charge in [0.2, 0.25) is 0 Å². The van der Waals surface area contributed by atoms with Crippen LogP contribution in [0, 0.1) is 0 Å². The lowest BCUT2D eigenvalue weighted by Crippen LogP contribution is -2.41. The third-order valence-electron chi connectivity index (χ3n) is 4.81. The largest absolute Gasteiger partial charge is 0.573 e. The number of hydrogen-bond donors (Lipinski definition) is 0. The van der Waals surface area contributed by atoms with Crippen molar-refractivity contribution >= 4 is 16.8 Å². The SMILES string of the molecule is O=C(c1cncc2cccnc12)N1CCC(Oc2cccc(OC(F)(F)F)c2)CC1. The lowest BCUT2D eigenvalue weighted by Gasteiger charge is -2.32. The number of aromatic nitrogens is 2. The molecule has 1 aliphatic rings. The van der Waals surface area contributed by atoms with Gasteiger partial charge in [-0.2, -0.15) is 0 Å². The molecule has 6 nitrogen and oxygen atoms in total. The van der Waals surface area contributed by atoms with Crippen molar-refractivity contribution in [3.63, 3.8) is 0 Å². The molecule has 9 heteroatoms. The smallest absolute Gasteiger partial charge is 0.490 e. The van der Waals surface area contributed by atoms with Gasteiger partial charge in [-0.25, -0.2) is 0 Å². The molecule has 0 aliphatic carbocycles. The van der Waals surface area contributed by atoms with Crippen molar-refractivity contribution in [1.82, 2.24) is 14.9 Å². The first-order chi connectivity index (χ1) is 14.4. The Bertz CT molecular complexity index is 1040. The van der Waals surface area contributed by atoms with Crippen LogP contribution in [-0.4, -0.2) is 46.3 Å². The molecule has 3 heterocycles. The van der Waals surface area contributed by atoms with E-state index in [1.165, 1.54) is 24.4 Å². The van der Waals surface area contributed by atoms with Crippen LogP contribution in [0.15, 0.2) is 55.0 Å². The fourth-order valence-electron chi connectivity index (χ4n) is 3.44. The van der Waals surface area contributed by atoms with Gasteiger partial charge in [0.1, 0.15) is 17.6 Å². The lowest BCUT2D eigenvalue weighted by atomic mass is 10.1. The van der Waals surface area contributed by atoms with Crippen molar-refractivity contribution in [2.75, 3.05) is 13.1 Å². The number of likely N-dealkylation sites (tertiary alicyclic amines) is 1. The molecule has 0 bridgehead atoms. The summed E-state index contributed by atoms with van der Waals surface area (Å²) < 4.78 is 46.9. The molecule has 156 valence electrons. The van der Waals surface area contributed by atoms with Gasteiger partial charge in [-0.05, 0) is 24.3 Å². The number of halogens is 3. The van der Waals surface area contributed by atoms with E-state index in [0.717, 1.165) is 5.39 Å². The Labute approximate surface area is 170 Å². The maximum absolute atomic E-state index is 12.9.